The first-order valence-corrected chi connectivity index (χ1v) is 7.23. The molecule has 0 saturated heterocycles. The Labute approximate surface area is 136 Å². The lowest BCUT2D eigenvalue weighted by atomic mass is 10.2. The lowest BCUT2D eigenvalue weighted by Gasteiger charge is -2.07. The second-order valence-corrected chi connectivity index (χ2v) is 4.98. The van der Waals surface area contributed by atoms with Crippen molar-refractivity contribution in [1.29, 1.82) is 0 Å². The first-order valence-electron chi connectivity index (χ1n) is 7.23. The van der Waals surface area contributed by atoms with E-state index in [-0.39, 0.29) is 18.7 Å². The van der Waals surface area contributed by atoms with Crippen molar-refractivity contribution in [3.05, 3.63) is 65.9 Å². The zero-order valence-corrected chi connectivity index (χ0v) is 12.6. The van der Waals surface area contributed by atoms with Gasteiger partial charge in [-0.15, -0.1) is 10.2 Å². The van der Waals surface area contributed by atoms with Gasteiger partial charge in [-0.3, -0.25) is 14.0 Å². The van der Waals surface area contributed by atoms with Crippen LogP contribution in [0.25, 0.3) is 5.65 Å². The van der Waals surface area contributed by atoms with Gasteiger partial charge in [0.2, 0.25) is 5.91 Å². The number of benzene rings is 1. The van der Waals surface area contributed by atoms with E-state index in [1.54, 1.807) is 22.7 Å². The molecule has 0 spiro atoms. The lowest BCUT2D eigenvalue weighted by molar-refractivity contribution is -0.120. The van der Waals surface area contributed by atoms with Crippen molar-refractivity contribution in [2.45, 2.75) is 6.54 Å². The molecule has 1 aromatic carbocycles. The summed E-state index contributed by atoms with van der Waals surface area (Å²) in [6, 6.07) is 11.0. The Balaban J connectivity index is 1.53. The van der Waals surface area contributed by atoms with Crippen LogP contribution < -0.4 is 10.6 Å². The van der Waals surface area contributed by atoms with E-state index in [1.165, 1.54) is 18.2 Å². The van der Waals surface area contributed by atoms with Crippen molar-refractivity contribution in [2.75, 3.05) is 6.54 Å². The number of halogens is 1. The van der Waals surface area contributed by atoms with E-state index in [1.807, 2.05) is 12.1 Å². The van der Waals surface area contributed by atoms with Crippen molar-refractivity contribution in [1.82, 2.24) is 25.2 Å². The average Bonchev–Trinajstić information content (AvgIpc) is 3.01. The highest BCUT2D eigenvalue weighted by Crippen LogP contribution is 2.05. The molecule has 2 heterocycles. The minimum absolute atomic E-state index is 0.103. The molecule has 0 unspecified atom stereocenters. The second kappa shape index (κ2) is 6.86. The number of amides is 2. The Morgan fingerprint density at radius 3 is 2.67 bits per heavy atom. The number of rotatable bonds is 5. The summed E-state index contributed by atoms with van der Waals surface area (Å²) < 4.78 is 15.2. The zero-order valence-electron chi connectivity index (χ0n) is 12.6. The van der Waals surface area contributed by atoms with Gasteiger partial charge in [-0.1, -0.05) is 18.2 Å². The molecule has 0 saturated carbocycles. The number of fused-ring (bicyclic) bond motifs is 1. The highest BCUT2D eigenvalue weighted by Gasteiger charge is 2.12. The third-order valence-electron chi connectivity index (χ3n) is 3.36. The molecule has 0 aliphatic heterocycles. The molecule has 7 nitrogen and oxygen atoms in total. The molecule has 0 atom stereocenters. The van der Waals surface area contributed by atoms with Gasteiger partial charge in [0.25, 0.3) is 5.91 Å². The molecular weight excluding hydrogens is 313 g/mol. The minimum atomic E-state index is -0.642. The van der Waals surface area contributed by atoms with Gasteiger partial charge in [0.1, 0.15) is 5.82 Å². The summed E-state index contributed by atoms with van der Waals surface area (Å²) in [5.74, 6) is -1.12. The van der Waals surface area contributed by atoms with Gasteiger partial charge in [0.15, 0.2) is 11.5 Å². The van der Waals surface area contributed by atoms with Crippen LogP contribution >= 0.6 is 0 Å². The molecule has 2 N–H and O–H groups in total. The number of pyridine rings is 1. The van der Waals surface area contributed by atoms with Crippen LogP contribution in [-0.4, -0.2) is 33.0 Å². The number of hydrogen-bond donors (Lipinski definition) is 2. The van der Waals surface area contributed by atoms with E-state index in [4.69, 9.17) is 0 Å². The van der Waals surface area contributed by atoms with Gasteiger partial charge in [-0.05, 0) is 24.3 Å². The number of nitrogens with one attached hydrogen (secondary N) is 2. The second-order valence-electron chi connectivity index (χ2n) is 4.98. The predicted octanol–water partition coefficient (Wildman–Crippen LogP) is 0.915. The third-order valence-corrected chi connectivity index (χ3v) is 3.36. The number of aromatic nitrogens is 3. The molecule has 0 aliphatic carbocycles. The lowest BCUT2D eigenvalue weighted by Crippen LogP contribution is -2.37. The largest absolute Gasteiger partial charge is 0.347 e. The van der Waals surface area contributed by atoms with Crippen LogP contribution in [0.4, 0.5) is 4.39 Å². The van der Waals surface area contributed by atoms with Crippen LogP contribution in [0.15, 0.2) is 48.7 Å². The Morgan fingerprint density at radius 2 is 1.83 bits per heavy atom. The van der Waals surface area contributed by atoms with Crippen molar-refractivity contribution in [3.8, 4) is 0 Å². The summed E-state index contributed by atoms with van der Waals surface area (Å²) in [6.07, 6.45) is 1.79. The molecule has 2 aromatic heterocycles. The van der Waals surface area contributed by atoms with Crippen LogP contribution in [0.3, 0.4) is 0 Å². The van der Waals surface area contributed by atoms with Gasteiger partial charge in [-0.25, -0.2) is 4.39 Å². The van der Waals surface area contributed by atoms with Crippen molar-refractivity contribution in [3.63, 3.8) is 0 Å². The number of nitrogens with zero attached hydrogens (tertiary/aromatic N) is 3. The SMILES string of the molecule is O=C(CNC(=O)c1ccccc1F)NCc1nnc2ccccn12. The number of carbonyl (C=O) groups excluding carboxylic acids is 2. The average molecular weight is 327 g/mol. The number of hydrogen-bond acceptors (Lipinski definition) is 4. The molecular formula is C16H14FN5O2. The van der Waals surface area contributed by atoms with Gasteiger partial charge in [0, 0.05) is 6.20 Å². The minimum Gasteiger partial charge on any atom is -0.347 e. The normalized spacial score (nSPS) is 10.5. The number of carbonyl (C=O) groups is 2. The highest BCUT2D eigenvalue weighted by molar-refractivity contribution is 5.96. The molecule has 0 aliphatic rings. The quantitative estimate of drug-likeness (QED) is 0.729. The molecule has 24 heavy (non-hydrogen) atoms. The first kappa shape index (κ1) is 15.6. The molecule has 3 aromatic rings. The van der Waals surface area contributed by atoms with Gasteiger partial charge >= 0.3 is 0 Å². The van der Waals surface area contributed by atoms with E-state index in [0.717, 1.165) is 0 Å². The maximum atomic E-state index is 13.5. The Kier molecular flexibility index (Phi) is 4.46. The van der Waals surface area contributed by atoms with Crippen LogP contribution in [-0.2, 0) is 11.3 Å². The van der Waals surface area contributed by atoms with E-state index in [2.05, 4.69) is 20.8 Å². The Bertz CT molecular complexity index is 893. The molecule has 3 rings (SSSR count). The summed E-state index contributed by atoms with van der Waals surface area (Å²) in [7, 11) is 0. The fraction of sp³-hybridized carbons (Fsp3) is 0.125. The molecule has 0 fully saturated rings. The van der Waals surface area contributed by atoms with Gasteiger partial charge in [-0.2, -0.15) is 0 Å². The fourth-order valence-corrected chi connectivity index (χ4v) is 2.15. The van der Waals surface area contributed by atoms with Crippen LogP contribution in [0.2, 0.25) is 0 Å². The standard InChI is InChI=1S/C16H14FN5O2/c17-12-6-2-1-5-11(12)16(24)19-10-15(23)18-9-14-21-20-13-7-3-4-8-22(13)14/h1-8H,9-10H2,(H,18,23)(H,19,24). The predicted molar refractivity (Wildman–Crippen MR) is 83.6 cm³/mol. The Morgan fingerprint density at radius 1 is 1.04 bits per heavy atom. The molecule has 8 heteroatoms. The molecule has 2 amide bonds. The van der Waals surface area contributed by atoms with Crippen molar-refractivity contribution >= 4 is 17.5 Å². The molecule has 122 valence electrons. The monoisotopic (exact) mass is 327 g/mol. The van der Waals surface area contributed by atoms with Crippen molar-refractivity contribution < 1.29 is 14.0 Å². The molecule has 0 radical (unpaired) electrons. The summed E-state index contributed by atoms with van der Waals surface area (Å²) in [4.78, 5) is 23.6. The zero-order chi connectivity index (χ0) is 16.9. The van der Waals surface area contributed by atoms with Crippen LogP contribution in [0, 0.1) is 5.82 Å². The molecule has 0 bridgehead atoms. The van der Waals surface area contributed by atoms with Crippen LogP contribution in [0.5, 0.6) is 0 Å². The maximum absolute atomic E-state index is 13.5. The smallest absolute Gasteiger partial charge is 0.254 e. The summed E-state index contributed by atoms with van der Waals surface area (Å²) in [6.45, 7) is -0.0938. The van der Waals surface area contributed by atoms with E-state index in [9.17, 15) is 14.0 Å². The van der Waals surface area contributed by atoms with Crippen LogP contribution in [0.1, 0.15) is 16.2 Å². The first-order chi connectivity index (χ1) is 11.6. The van der Waals surface area contributed by atoms with Gasteiger partial charge in [0.05, 0.1) is 18.7 Å². The summed E-state index contributed by atoms with van der Waals surface area (Å²) in [5, 5.41) is 13.0. The van der Waals surface area contributed by atoms with E-state index >= 15 is 0 Å². The summed E-state index contributed by atoms with van der Waals surface area (Å²) in [5.41, 5.74) is 0.573. The van der Waals surface area contributed by atoms with E-state index in [0.29, 0.717) is 11.5 Å². The fourth-order valence-electron chi connectivity index (χ4n) is 2.15. The maximum Gasteiger partial charge on any atom is 0.254 e. The summed E-state index contributed by atoms with van der Waals surface area (Å²) >= 11 is 0. The third kappa shape index (κ3) is 3.37. The highest BCUT2D eigenvalue weighted by atomic mass is 19.1. The van der Waals surface area contributed by atoms with Crippen molar-refractivity contribution in [2.24, 2.45) is 0 Å². The van der Waals surface area contributed by atoms with Gasteiger partial charge < -0.3 is 10.6 Å². The van der Waals surface area contributed by atoms with E-state index < -0.39 is 17.6 Å². The topological polar surface area (TPSA) is 88.4 Å². The Hall–Kier alpha value is -3.29.